The Morgan fingerprint density at radius 2 is 1.44 bits per heavy atom. The van der Waals surface area contributed by atoms with Crippen molar-refractivity contribution < 1.29 is 14.7 Å². The third kappa shape index (κ3) is 5.17. The third-order valence-corrected chi connectivity index (χ3v) is 5.91. The summed E-state index contributed by atoms with van der Waals surface area (Å²) in [5.41, 5.74) is 4.10. The van der Waals surface area contributed by atoms with E-state index in [9.17, 15) is 9.59 Å². The van der Waals surface area contributed by atoms with Crippen LogP contribution in [0, 0.1) is 0 Å². The molecule has 32 heavy (non-hydrogen) atoms. The number of carbonyl (C=O) groups is 2. The second-order valence-electron chi connectivity index (χ2n) is 8.18. The Bertz CT molecular complexity index is 1060. The quantitative estimate of drug-likeness (QED) is 0.565. The van der Waals surface area contributed by atoms with E-state index in [0.717, 1.165) is 48.4 Å². The minimum absolute atomic E-state index is 0.0126. The molecular formula is C27H28N2O3. The number of nitrogens with zero attached hydrogens (tertiary/aromatic N) is 2. The fraction of sp³-hybridized carbons (Fsp3) is 0.259. The molecule has 164 valence electrons. The van der Waals surface area contributed by atoms with E-state index < -0.39 is 5.97 Å². The number of hydrogen-bond donors (Lipinski definition) is 1. The van der Waals surface area contributed by atoms with E-state index in [1.54, 1.807) is 24.3 Å². The van der Waals surface area contributed by atoms with Crippen LogP contribution in [0.25, 0.3) is 0 Å². The predicted octanol–water partition coefficient (Wildman–Crippen LogP) is 5.15. The van der Waals surface area contributed by atoms with Crippen molar-refractivity contribution in [3.8, 4) is 0 Å². The first-order valence-corrected chi connectivity index (χ1v) is 11.1. The van der Waals surface area contributed by atoms with E-state index in [4.69, 9.17) is 5.11 Å². The number of amides is 1. The van der Waals surface area contributed by atoms with Crippen molar-refractivity contribution in [2.24, 2.45) is 0 Å². The summed E-state index contributed by atoms with van der Waals surface area (Å²) in [4.78, 5) is 28.9. The zero-order chi connectivity index (χ0) is 22.3. The Labute approximate surface area is 188 Å². The maximum atomic E-state index is 13.6. The van der Waals surface area contributed by atoms with Crippen LogP contribution in [-0.4, -0.2) is 30.1 Å². The number of para-hydroxylation sites is 2. The zero-order valence-electron chi connectivity index (χ0n) is 18.1. The fourth-order valence-corrected chi connectivity index (χ4v) is 4.20. The van der Waals surface area contributed by atoms with E-state index in [0.29, 0.717) is 6.54 Å². The monoisotopic (exact) mass is 428 g/mol. The molecule has 1 amide bonds. The van der Waals surface area contributed by atoms with Crippen LogP contribution in [0.3, 0.4) is 0 Å². The molecule has 3 aromatic carbocycles. The molecule has 0 aromatic heterocycles. The highest BCUT2D eigenvalue weighted by atomic mass is 16.4. The van der Waals surface area contributed by atoms with Crippen molar-refractivity contribution in [2.75, 3.05) is 22.9 Å². The first kappa shape index (κ1) is 21.6. The number of carbonyl (C=O) groups excluding carboxylic acids is 1. The lowest BCUT2D eigenvalue weighted by molar-refractivity contribution is -0.118. The van der Waals surface area contributed by atoms with Crippen LogP contribution >= 0.6 is 0 Å². The lowest BCUT2D eigenvalue weighted by Crippen LogP contribution is -2.35. The summed E-state index contributed by atoms with van der Waals surface area (Å²) >= 11 is 0. The first-order valence-electron chi connectivity index (χ1n) is 11.1. The standard InChI is InChI=1S/C27H28N2O3/c30-26(19-21-13-15-23(16-14-21)27(31)32)29(20-22-9-3-1-4-10-22)25-12-6-5-11-24(25)28-17-7-2-8-18-28/h1,3-6,9-16H,2,7-8,17-20H2,(H,31,32). The largest absolute Gasteiger partial charge is 0.478 e. The number of benzene rings is 3. The van der Waals surface area contributed by atoms with Crippen molar-refractivity contribution in [2.45, 2.75) is 32.2 Å². The molecule has 1 heterocycles. The lowest BCUT2D eigenvalue weighted by atomic mass is 10.1. The van der Waals surface area contributed by atoms with Gasteiger partial charge in [0.2, 0.25) is 5.91 Å². The van der Waals surface area contributed by atoms with Gasteiger partial charge in [0.15, 0.2) is 0 Å². The Morgan fingerprint density at radius 1 is 0.781 bits per heavy atom. The lowest BCUT2D eigenvalue weighted by Gasteiger charge is -2.34. The topological polar surface area (TPSA) is 60.9 Å². The molecule has 1 saturated heterocycles. The minimum atomic E-state index is -0.968. The van der Waals surface area contributed by atoms with Gasteiger partial charge < -0.3 is 14.9 Å². The van der Waals surface area contributed by atoms with Crippen molar-refractivity contribution in [3.05, 3.63) is 95.6 Å². The van der Waals surface area contributed by atoms with Crippen molar-refractivity contribution in [1.82, 2.24) is 0 Å². The summed E-state index contributed by atoms with van der Waals surface area (Å²) in [6, 6.07) is 24.7. The van der Waals surface area contributed by atoms with Crippen LogP contribution in [0.1, 0.15) is 40.7 Å². The molecule has 5 heteroatoms. The molecule has 0 saturated carbocycles. The fourth-order valence-electron chi connectivity index (χ4n) is 4.20. The average molecular weight is 429 g/mol. The molecule has 0 aliphatic carbocycles. The van der Waals surface area contributed by atoms with Crippen LogP contribution < -0.4 is 9.80 Å². The molecule has 3 aromatic rings. The Hall–Kier alpha value is -3.60. The maximum Gasteiger partial charge on any atom is 0.335 e. The predicted molar refractivity (Wildman–Crippen MR) is 127 cm³/mol. The number of aromatic carboxylic acids is 1. The van der Waals surface area contributed by atoms with Gasteiger partial charge in [-0.15, -0.1) is 0 Å². The molecule has 1 aliphatic heterocycles. The number of rotatable bonds is 7. The van der Waals surface area contributed by atoms with Crippen molar-refractivity contribution >= 4 is 23.3 Å². The smallest absolute Gasteiger partial charge is 0.335 e. The van der Waals surface area contributed by atoms with E-state index >= 15 is 0 Å². The molecule has 0 unspecified atom stereocenters. The summed E-state index contributed by atoms with van der Waals surface area (Å²) in [6.45, 7) is 2.49. The van der Waals surface area contributed by atoms with Gasteiger partial charge in [0.05, 0.1) is 29.9 Å². The Balaban J connectivity index is 1.65. The van der Waals surface area contributed by atoms with Gasteiger partial charge in [-0.05, 0) is 54.7 Å². The maximum absolute atomic E-state index is 13.6. The Kier molecular flexibility index (Phi) is 6.85. The molecule has 4 rings (SSSR count). The van der Waals surface area contributed by atoms with Gasteiger partial charge in [0.1, 0.15) is 0 Å². The van der Waals surface area contributed by atoms with E-state index in [2.05, 4.69) is 11.0 Å². The van der Waals surface area contributed by atoms with Crippen LogP contribution in [-0.2, 0) is 17.8 Å². The molecule has 5 nitrogen and oxygen atoms in total. The van der Waals surface area contributed by atoms with E-state index in [1.807, 2.05) is 53.4 Å². The normalized spacial score (nSPS) is 13.6. The molecule has 1 N–H and O–H groups in total. The van der Waals surface area contributed by atoms with Gasteiger partial charge >= 0.3 is 5.97 Å². The number of anilines is 2. The SMILES string of the molecule is O=C(O)c1ccc(CC(=O)N(Cc2ccccc2)c2ccccc2N2CCCCC2)cc1. The highest BCUT2D eigenvalue weighted by Crippen LogP contribution is 2.33. The van der Waals surface area contributed by atoms with Gasteiger partial charge in [0.25, 0.3) is 0 Å². The van der Waals surface area contributed by atoms with Gasteiger partial charge in [-0.3, -0.25) is 4.79 Å². The van der Waals surface area contributed by atoms with Crippen LogP contribution in [0.2, 0.25) is 0 Å². The number of piperidine rings is 1. The second kappa shape index (κ2) is 10.1. The molecule has 0 bridgehead atoms. The molecule has 0 atom stereocenters. The summed E-state index contributed by atoms with van der Waals surface area (Å²) < 4.78 is 0. The van der Waals surface area contributed by atoms with E-state index in [1.165, 1.54) is 6.42 Å². The van der Waals surface area contributed by atoms with Gasteiger partial charge in [0, 0.05) is 13.1 Å². The number of carboxylic acids is 1. The molecule has 1 aliphatic rings. The van der Waals surface area contributed by atoms with Crippen molar-refractivity contribution in [1.29, 1.82) is 0 Å². The molecule has 0 radical (unpaired) electrons. The third-order valence-electron chi connectivity index (χ3n) is 5.91. The Morgan fingerprint density at radius 3 is 2.12 bits per heavy atom. The van der Waals surface area contributed by atoms with Crippen LogP contribution in [0.5, 0.6) is 0 Å². The highest BCUT2D eigenvalue weighted by Gasteiger charge is 2.23. The average Bonchev–Trinajstić information content (AvgIpc) is 2.84. The van der Waals surface area contributed by atoms with Gasteiger partial charge in [-0.25, -0.2) is 4.79 Å². The van der Waals surface area contributed by atoms with E-state index in [-0.39, 0.29) is 17.9 Å². The summed E-state index contributed by atoms with van der Waals surface area (Å²) in [7, 11) is 0. The number of carboxylic acid groups (broad SMARTS) is 1. The van der Waals surface area contributed by atoms with Crippen LogP contribution in [0.4, 0.5) is 11.4 Å². The first-order chi connectivity index (χ1) is 15.6. The number of hydrogen-bond acceptors (Lipinski definition) is 3. The van der Waals surface area contributed by atoms with Crippen molar-refractivity contribution in [3.63, 3.8) is 0 Å². The summed E-state index contributed by atoms with van der Waals surface area (Å²) in [5, 5.41) is 9.13. The van der Waals surface area contributed by atoms with Gasteiger partial charge in [-0.1, -0.05) is 54.6 Å². The van der Waals surface area contributed by atoms with Gasteiger partial charge in [-0.2, -0.15) is 0 Å². The summed E-state index contributed by atoms with van der Waals surface area (Å²) in [6.07, 6.45) is 3.78. The van der Waals surface area contributed by atoms with Crippen LogP contribution in [0.15, 0.2) is 78.9 Å². The zero-order valence-corrected chi connectivity index (χ0v) is 18.1. The summed E-state index contributed by atoms with van der Waals surface area (Å²) in [5.74, 6) is -0.981. The molecule has 1 fully saturated rings. The second-order valence-corrected chi connectivity index (χ2v) is 8.18. The minimum Gasteiger partial charge on any atom is -0.478 e. The molecular weight excluding hydrogens is 400 g/mol. The highest BCUT2D eigenvalue weighted by molar-refractivity contribution is 5.98. The molecule has 0 spiro atoms.